The summed E-state index contributed by atoms with van der Waals surface area (Å²) in [5, 5.41) is 16.6. The molecule has 0 fully saturated rings. The first kappa shape index (κ1) is 15.3. The molecule has 1 aromatic carbocycles. The van der Waals surface area contributed by atoms with Gasteiger partial charge in [0.15, 0.2) is 5.75 Å². The maximum absolute atomic E-state index is 11.4. The zero-order valence-corrected chi connectivity index (χ0v) is 12.9. The lowest BCUT2D eigenvalue weighted by atomic mass is 10.1. The Hall–Kier alpha value is -2.08. The molecule has 1 unspecified atom stereocenters. The minimum atomic E-state index is -0.394. The Balaban J connectivity index is 2.34. The molecule has 0 amide bonds. The van der Waals surface area contributed by atoms with Crippen molar-refractivity contribution >= 4 is 22.7 Å². The van der Waals surface area contributed by atoms with Crippen molar-refractivity contribution < 1.29 is 9.66 Å². The van der Waals surface area contributed by atoms with E-state index in [-0.39, 0.29) is 11.7 Å². The van der Waals surface area contributed by atoms with E-state index in [0.29, 0.717) is 18.0 Å². The van der Waals surface area contributed by atoms with E-state index in [1.807, 2.05) is 24.4 Å². The number of benzene rings is 1. The number of rotatable bonds is 7. The van der Waals surface area contributed by atoms with Crippen LogP contribution in [0.25, 0.3) is 0 Å². The SMILES string of the molecule is CCOc1cccc(NC(CC)c2cccs2)c1[N+](=O)[O-]. The quantitative estimate of drug-likeness (QED) is 0.599. The monoisotopic (exact) mass is 306 g/mol. The predicted molar refractivity (Wildman–Crippen MR) is 85.2 cm³/mol. The molecule has 2 aromatic rings. The first-order valence-corrected chi connectivity index (χ1v) is 7.75. The highest BCUT2D eigenvalue weighted by atomic mass is 32.1. The van der Waals surface area contributed by atoms with Crippen LogP contribution in [0, 0.1) is 10.1 Å². The van der Waals surface area contributed by atoms with Gasteiger partial charge in [-0.05, 0) is 36.9 Å². The standard InChI is InChI=1S/C15H18N2O3S/c1-3-11(14-9-6-10-21-14)16-12-7-5-8-13(20-4-2)15(12)17(18)19/h5-11,16H,3-4H2,1-2H3. The van der Waals surface area contributed by atoms with Crippen LogP contribution in [0.1, 0.15) is 31.2 Å². The molecular weight excluding hydrogens is 288 g/mol. The summed E-state index contributed by atoms with van der Waals surface area (Å²) in [6.07, 6.45) is 0.844. The van der Waals surface area contributed by atoms with Crippen LogP contribution in [0.4, 0.5) is 11.4 Å². The van der Waals surface area contributed by atoms with E-state index in [1.54, 1.807) is 29.5 Å². The maximum Gasteiger partial charge on any atom is 0.333 e. The molecule has 0 aliphatic carbocycles. The Bertz CT molecular complexity index is 599. The zero-order valence-electron chi connectivity index (χ0n) is 12.0. The highest BCUT2D eigenvalue weighted by molar-refractivity contribution is 7.10. The largest absolute Gasteiger partial charge is 0.487 e. The van der Waals surface area contributed by atoms with E-state index in [2.05, 4.69) is 12.2 Å². The van der Waals surface area contributed by atoms with E-state index in [4.69, 9.17) is 4.74 Å². The van der Waals surface area contributed by atoms with Gasteiger partial charge < -0.3 is 10.1 Å². The smallest absolute Gasteiger partial charge is 0.333 e. The summed E-state index contributed by atoms with van der Waals surface area (Å²) in [5.41, 5.74) is 0.487. The Kier molecular flexibility index (Phi) is 5.16. The van der Waals surface area contributed by atoms with Crippen molar-refractivity contribution in [3.05, 3.63) is 50.7 Å². The second-order valence-electron chi connectivity index (χ2n) is 4.46. The van der Waals surface area contributed by atoms with Crippen LogP contribution in [0.3, 0.4) is 0 Å². The van der Waals surface area contributed by atoms with E-state index < -0.39 is 4.92 Å². The molecule has 0 saturated heterocycles. The Morgan fingerprint density at radius 3 is 2.71 bits per heavy atom. The van der Waals surface area contributed by atoms with Crippen LogP contribution in [-0.4, -0.2) is 11.5 Å². The zero-order chi connectivity index (χ0) is 15.2. The van der Waals surface area contributed by atoms with Crippen molar-refractivity contribution in [2.24, 2.45) is 0 Å². The molecule has 112 valence electrons. The van der Waals surface area contributed by atoms with E-state index in [0.717, 1.165) is 11.3 Å². The average Bonchev–Trinajstić information content (AvgIpc) is 2.99. The third kappa shape index (κ3) is 3.52. The van der Waals surface area contributed by atoms with Crippen molar-refractivity contribution in [1.82, 2.24) is 0 Å². The molecule has 1 heterocycles. The van der Waals surface area contributed by atoms with Gasteiger partial charge in [0.05, 0.1) is 17.6 Å². The molecule has 1 aromatic heterocycles. The maximum atomic E-state index is 11.4. The van der Waals surface area contributed by atoms with E-state index in [9.17, 15) is 10.1 Å². The van der Waals surface area contributed by atoms with Crippen molar-refractivity contribution in [2.45, 2.75) is 26.3 Å². The number of nitro groups is 1. The molecule has 0 saturated carbocycles. The molecule has 0 aliphatic rings. The summed E-state index contributed by atoms with van der Waals surface area (Å²) in [6, 6.07) is 9.18. The fraction of sp³-hybridized carbons (Fsp3) is 0.333. The second-order valence-corrected chi connectivity index (χ2v) is 5.44. The van der Waals surface area contributed by atoms with Gasteiger partial charge in [-0.15, -0.1) is 11.3 Å². The van der Waals surface area contributed by atoms with E-state index in [1.165, 1.54) is 0 Å². The molecule has 1 atom stereocenters. The average molecular weight is 306 g/mol. The third-order valence-electron chi connectivity index (χ3n) is 3.11. The summed E-state index contributed by atoms with van der Waals surface area (Å²) in [7, 11) is 0. The molecule has 0 spiro atoms. The van der Waals surface area contributed by atoms with Gasteiger partial charge in [-0.25, -0.2) is 0 Å². The molecule has 2 rings (SSSR count). The fourth-order valence-corrected chi connectivity index (χ4v) is 3.01. The minimum absolute atomic E-state index is 0.00523. The molecule has 5 nitrogen and oxygen atoms in total. The second kappa shape index (κ2) is 7.08. The van der Waals surface area contributed by atoms with Gasteiger partial charge >= 0.3 is 5.69 Å². The van der Waals surface area contributed by atoms with Gasteiger partial charge in [0.1, 0.15) is 5.69 Å². The van der Waals surface area contributed by atoms with Crippen LogP contribution in [0.5, 0.6) is 5.75 Å². The number of hydrogen-bond acceptors (Lipinski definition) is 5. The molecule has 0 aliphatic heterocycles. The van der Waals surface area contributed by atoms with Gasteiger partial charge in [0.2, 0.25) is 0 Å². The summed E-state index contributed by atoms with van der Waals surface area (Å²) >= 11 is 1.64. The number of nitrogens with one attached hydrogen (secondary N) is 1. The fourth-order valence-electron chi connectivity index (χ4n) is 2.15. The lowest BCUT2D eigenvalue weighted by Gasteiger charge is -2.17. The van der Waals surface area contributed by atoms with Crippen molar-refractivity contribution in [2.75, 3.05) is 11.9 Å². The van der Waals surface area contributed by atoms with Gasteiger partial charge in [-0.3, -0.25) is 10.1 Å². The Morgan fingerprint density at radius 2 is 2.14 bits per heavy atom. The number of hydrogen-bond donors (Lipinski definition) is 1. The van der Waals surface area contributed by atoms with Crippen molar-refractivity contribution in [3.63, 3.8) is 0 Å². The molecule has 0 bridgehead atoms. The van der Waals surface area contributed by atoms with Gasteiger partial charge in [0, 0.05) is 4.88 Å². The van der Waals surface area contributed by atoms with Crippen LogP contribution >= 0.6 is 11.3 Å². The van der Waals surface area contributed by atoms with Crippen LogP contribution in [0.15, 0.2) is 35.7 Å². The van der Waals surface area contributed by atoms with E-state index >= 15 is 0 Å². The molecular formula is C15H18N2O3S. The summed E-state index contributed by atoms with van der Waals surface area (Å²) in [6.45, 7) is 4.26. The van der Waals surface area contributed by atoms with Crippen molar-refractivity contribution in [1.29, 1.82) is 0 Å². The van der Waals surface area contributed by atoms with Gasteiger partial charge in [-0.1, -0.05) is 19.1 Å². The Labute approximate surface area is 127 Å². The van der Waals surface area contributed by atoms with Crippen LogP contribution in [0.2, 0.25) is 0 Å². The van der Waals surface area contributed by atoms with Gasteiger partial charge in [0.25, 0.3) is 0 Å². The highest BCUT2D eigenvalue weighted by Crippen LogP contribution is 2.37. The lowest BCUT2D eigenvalue weighted by Crippen LogP contribution is -2.10. The topological polar surface area (TPSA) is 64.4 Å². The third-order valence-corrected chi connectivity index (χ3v) is 4.09. The number of anilines is 1. The highest BCUT2D eigenvalue weighted by Gasteiger charge is 2.23. The predicted octanol–water partition coefficient (Wildman–Crippen LogP) is 4.62. The molecule has 6 heteroatoms. The number of nitrogens with zero attached hydrogens (tertiary/aromatic N) is 1. The van der Waals surface area contributed by atoms with Crippen LogP contribution < -0.4 is 10.1 Å². The molecule has 21 heavy (non-hydrogen) atoms. The summed E-state index contributed by atoms with van der Waals surface area (Å²) in [4.78, 5) is 12.1. The van der Waals surface area contributed by atoms with Crippen molar-refractivity contribution in [3.8, 4) is 5.75 Å². The summed E-state index contributed by atoms with van der Waals surface area (Å²) < 4.78 is 5.37. The summed E-state index contributed by atoms with van der Waals surface area (Å²) in [5.74, 6) is 0.300. The van der Waals surface area contributed by atoms with Gasteiger partial charge in [-0.2, -0.15) is 0 Å². The first-order valence-electron chi connectivity index (χ1n) is 6.87. The first-order chi connectivity index (χ1) is 10.2. The number of para-hydroxylation sites is 1. The Morgan fingerprint density at radius 1 is 1.33 bits per heavy atom. The van der Waals surface area contributed by atoms with Crippen LogP contribution in [-0.2, 0) is 0 Å². The lowest BCUT2D eigenvalue weighted by molar-refractivity contribution is -0.385. The number of thiophene rings is 1. The number of ether oxygens (including phenoxy) is 1. The normalized spacial score (nSPS) is 11.9. The minimum Gasteiger partial charge on any atom is -0.487 e. The molecule has 0 radical (unpaired) electrons. The number of nitro benzene ring substituents is 1. The molecule has 1 N–H and O–H groups in total.